The van der Waals surface area contributed by atoms with E-state index in [1.54, 1.807) is 24.8 Å². The van der Waals surface area contributed by atoms with Crippen LogP contribution in [0.15, 0.2) is 30.3 Å². The van der Waals surface area contributed by atoms with Crippen molar-refractivity contribution in [3.63, 3.8) is 0 Å². The van der Waals surface area contributed by atoms with Gasteiger partial charge in [0.15, 0.2) is 5.69 Å². The van der Waals surface area contributed by atoms with Crippen molar-refractivity contribution in [2.24, 2.45) is 0 Å². The number of aromatic nitrogens is 2. The summed E-state index contributed by atoms with van der Waals surface area (Å²) in [5.74, 6) is -0.330. The number of hydrogen-bond donors (Lipinski definition) is 1. The van der Waals surface area contributed by atoms with Crippen LogP contribution in [0.3, 0.4) is 0 Å². The molecule has 1 N–H and O–H groups in total. The molecule has 1 aromatic carbocycles. The highest BCUT2D eigenvalue weighted by atomic mass is 16.5. The van der Waals surface area contributed by atoms with E-state index in [2.05, 4.69) is 5.10 Å². The number of hydrogen-bond acceptors (Lipinski definition) is 3. The maximum atomic E-state index is 10.8. The van der Waals surface area contributed by atoms with Crippen molar-refractivity contribution in [2.45, 2.75) is 6.92 Å². The summed E-state index contributed by atoms with van der Waals surface area (Å²) in [4.78, 5) is 10.8. The Hall–Kier alpha value is -2.30. The number of carbonyl (C=O) groups is 1. The smallest absolute Gasteiger partial charge is 0.356 e. The van der Waals surface area contributed by atoms with Gasteiger partial charge in [0.2, 0.25) is 0 Å². The number of carboxylic acid groups (broad SMARTS) is 1. The van der Waals surface area contributed by atoms with Gasteiger partial charge in [-0.25, -0.2) is 9.48 Å². The second-order valence-corrected chi connectivity index (χ2v) is 3.59. The Labute approximate surface area is 98.3 Å². The molecular weight excluding hydrogens is 220 g/mol. The van der Waals surface area contributed by atoms with Gasteiger partial charge >= 0.3 is 5.97 Å². The van der Waals surface area contributed by atoms with Gasteiger partial charge in [0.05, 0.1) is 12.8 Å². The average Bonchev–Trinajstić information content (AvgIpc) is 2.72. The molecular formula is C12H12N2O3. The molecule has 0 bridgehead atoms. The number of rotatable bonds is 3. The van der Waals surface area contributed by atoms with E-state index < -0.39 is 5.97 Å². The molecule has 5 nitrogen and oxygen atoms in total. The summed E-state index contributed by atoms with van der Waals surface area (Å²) in [7, 11) is 1.58. The van der Waals surface area contributed by atoms with Crippen molar-refractivity contribution in [3.8, 4) is 11.4 Å². The first-order chi connectivity index (χ1) is 8.11. The number of benzene rings is 1. The monoisotopic (exact) mass is 232 g/mol. The van der Waals surface area contributed by atoms with Gasteiger partial charge in [0, 0.05) is 11.8 Å². The van der Waals surface area contributed by atoms with Gasteiger partial charge in [0.25, 0.3) is 0 Å². The Bertz CT molecular complexity index is 561. The molecule has 0 saturated heterocycles. The van der Waals surface area contributed by atoms with Crippen LogP contribution in [-0.2, 0) is 0 Å². The minimum atomic E-state index is -1.03. The number of aryl methyl sites for hydroxylation is 1. The largest absolute Gasteiger partial charge is 0.497 e. The van der Waals surface area contributed by atoms with Crippen molar-refractivity contribution < 1.29 is 14.6 Å². The lowest BCUT2D eigenvalue weighted by molar-refractivity contribution is 0.0690. The maximum absolute atomic E-state index is 10.8. The highest BCUT2D eigenvalue weighted by Crippen LogP contribution is 2.18. The summed E-state index contributed by atoms with van der Waals surface area (Å²) in [5, 5.41) is 12.9. The minimum absolute atomic E-state index is 0.0327. The third-order valence-electron chi connectivity index (χ3n) is 2.40. The molecule has 0 aliphatic rings. The minimum Gasteiger partial charge on any atom is -0.497 e. The molecule has 0 unspecified atom stereocenters. The lowest BCUT2D eigenvalue weighted by Gasteiger charge is -2.06. The van der Waals surface area contributed by atoms with Gasteiger partial charge < -0.3 is 9.84 Å². The maximum Gasteiger partial charge on any atom is 0.356 e. The van der Waals surface area contributed by atoms with E-state index in [0.29, 0.717) is 5.75 Å². The van der Waals surface area contributed by atoms with Crippen LogP contribution in [0.1, 0.15) is 16.2 Å². The summed E-state index contributed by atoms with van der Waals surface area (Å²) in [5.41, 5.74) is 1.57. The van der Waals surface area contributed by atoms with Crippen LogP contribution in [0.2, 0.25) is 0 Å². The van der Waals surface area contributed by atoms with Crippen LogP contribution in [0.25, 0.3) is 5.69 Å². The van der Waals surface area contributed by atoms with Crippen LogP contribution in [0, 0.1) is 6.92 Å². The number of ether oxygens (including phenoxy) is 1. The van der Waals surface area contributed by atoms with Gasteiger partial charge in [-0.3, -0.25) is 0 Å². The standard InChI is InChI=1S/C12H12N2O3/c1-8-6-11(12(15)16)13-14(8)9-4-3-5-10(7-9)17-2/h3-7H,1-2H3,(H,15,16). The third-order valence-corrected chi connectivity index (χ3v) is 2.40. The Morgan fingerprint density at radius 1 is 1.41 bits per heavy atom. The predicted molar refractivity (Wildman–Crippen MR) is 61.8 cm³/mol. The first-order valence-electron chi connectivity index (χ1n) is 5.06. The van der Waals surface area contributed by atoms with E-state index in [0.717, 1.165) is 11.4 Å². The van der Waals surface area contributed by atoms with Crippen molar-refractivity contribution in [1.29, 1.82) is 0 Å². The molecule has 1 aromatic heterocycles. The lowest BCUT2D eigenvalue weighted by Crippen LogP contribution is -2.02. The van der Waals surface area contributed by atoms with Crippen LogP contribution >= 0.6 is 0 Å². The SMILES string of the molecule is COc1cccc(-n2nc(C(=O)O)cc2C)c1. The Morgan fingerprint density at radius 3 is 2.76 bits per heavy atom. The van der Waals surface area contributed by atoms with E-state index in [1.807, 2.05) is 18.2 Å². The van der Waals surface area contributed by atoms with Crippen LogP contribution in [-0.4, -0.2) is 28.0 Å². The highest BCUT2D eigenvalue weighted by molar-refractivity contribution is 5.85. The van der Waals surface area contributed by atoms with Gasteiger partial charge in [0.1, 0.15) is 5.75 Å². The van der Waals surface area contributed by atoms with Gasteiger partial charge in [-0.2, -0.15) is 5.10 Å². The zero-order chi connectivity index (χ0) is 12.4. The quantitative estimate of drug-likeness (QED) is 0.877. The van der Waals surface area contributed by atoms with Crippen LogP contribution < -0.4 is 4.74 Å². The molecule has 1 heterocycles. The van der Waals surface area contributed by atoms with E-state index in [9.17, 15) is 4.79 Å². The van der Waals surface area contributed by atoms with E-state index >= 15 is 0 Å². The van der Waals surface area contributed by atoms with Crippen LogP contribution in [0.5, 0.6) is 5.75 Å². The second kappa shape index (κ2) is 4.29. The molecule has 0 aliphatic carbocycles. The second-order valence-electron chi connectivity index (χ2n) is 3.59. The molecule has 5 heteroatoms. The average molecular weight is 232 g/mol. The molecule has 0 amide bonds. The fraction of sp³-hybridized carbons (Fsp3) is 0.167. The van der Waals surface area contributed by atoms with Gasteiger partial charge in [-0.15, -0.1) is 0 Å². The number of carboxylic acids is 1. The molecule has 0 fully saturated rings. The summed E-state index contributed by atoms with van der Waals surface area (Å²) in [6.45, 7) is 1.80. The first-order valence-corrected chi connectivity index (χ1v) is 5.06. The van der Waals surface area contributed by atoms with E-state index in [1.165, 1.54) is 6.07 Å². The summed E-state index contributed by atoms with van der Waals surface area (Å²) >= 11 is 0. The van der Waals surface area contributed by atoms with Gasteiger partial charge in [-0.1, -0.05) is 6.07 Å². The summed E-state index contributed by atoms with van der Waals surface area (Å²) in [6.07, 6.45) is 0. The zero-order valence-corrected chi connectivity index (χ0v) is 9.54. The predicted octanol–water partition coefficient (Wildman–Crippen LogP) is 1.89. The molecule has 0 saturated carbocycles. The van der Waals surface area contributed by atoms with Gasteiger partial charge in [-0.05, 0) is 25.1 Å². The van der Waals surface area contributed by atoms with Crippen molar-refractivity contribution >= 4 is 5.97 Å². The van der Waals surface area contributed by atoms with Crippen LogP contribution in [0.4, 0.5) is 0 Å². The molecule has 88 valence electrons. The molecule has 0 aliphatic heterocycles. The van der Waals surface area contributed by atoms with Crippen molar-refractivity contribution in [1.82, 2.24) is 9.78 Å². The molecule has 17 heavy (non-hydrogen) atoms. The Kier molecular flexibility index (Phi) is 2.82. The van der Waals surface area contributed by atoms with Crippen molar-refractivity contribution in [3.05, 3.63) is 41.7 Å². The van der Waals surface area contributed by atoms with E-state index in [-0.39, 0.29) is 5.69 Å². The summed E-state index contributed by atoms with van der Waals surface area (Å²) < 4.78 is 6.69. The molecule has 2 aromatic rings. The number of aromatic carboxylic acids is 1. The Morgan fingerprint density at radius 2 is 2.18 bits per heavy atom. The van der Waals surface area contributed by atoms with E-state index in [4.69, 9.17) is 9.84 Å². The molecule has 0 atom stereocenters. The summed E-state index contributed by atoms with van der Waals surface area (Å²) in [6, 6.07) is 8.82. The van der Waals surface area contributed by atoms with Crippen molar-refractivity contribution in [2.75, 3.05) is 7.11 Å². The topological polar surface area (TPSA) is 64.4 Å². The first kappa shape index (κ1) is 11.2. The molecule has 0 radical (unpaired) electrons. The fourth-order valence-electron chi connectivity index (χ4n) is 1.58. The number of nitrogens with zero attached hydrogens (tertiary/aromatic N) is 2. The molecule has 0 spiro atoms. The third kappa shape index (κ3) is 2.13. The highest BCUT2D eigenvalue weighted by Gasteiger charge is 2.11. The number of methoxy groups -OCH3 is 1. The normalized spacial score (nSPS) is 10.2. The lowest BCUT2D eigenvalue weighted by atomic mass is 10.3. The zero-order valence-electron chi connectivity index (χ0n) is 9.54. The fourth-order valence-corrected chi connectivity index (χ4v) is 1.58. The molecule has 2 rings (SSSR count). The Balaban J connectivity index is 2.48.